The van der Waals surface area contributed by atoms with Crippen LogP contribution in [0.15, 0.2) is 17.1 Å². The van der Waals surface area contributed by atoms with Crippen molar-refractivity contribution in [2.45, 2.75) is 25.3 Å². The molecule has 0 unspecified atom stereocenters. The Bertz CT molecular complexity index is 561. The minimum atomic E-state index is -0.755. The molecule has 6 heteroatoms. The maximum Gasteiger partial charge on any atom is 0.235 e. The SMILES string of the molecule is CC(=O)Nc1c(O)ccc(Cl)c1C1(N=C=O)CC1. The molecule has 1 aliphatic rings. The van der Waals surface area contributed by atoms with Crippen LogP contribution in [0.1, 0.15) is 25.3 Å². The van der Waals surface area contributed by atoms with Gasteiger partial charge in [0.1, 0.15) is 11.3 Å². The first-order chi connectivity index (χ1) is 8.50. The maximum atomic E-state index is 11.2. The molecular weight excluding hydrogens is 256 g/mol. The molecule has 0 aliphatic heterocycles. The second-order valence-corrected chi connectivity index (χ2v) is 4.64. The second kappa shape index (κ2) is 4.44. The lowest BCUT2D eigenvalue weighted by molar-refractivity contribution is -0.114. The van der Waals surface area contributed by atoms with Crippen LogP contribution in [0.2, 0.25) is 5.02 Å². The van der Waals surface area contributed by atoms with Crippen molar-refractivity contribution in [3.63, 3.8) is 0 Å². The average molecular weight is 267 g/mol. The summed E-state index contributed by atoms with van der Waals surface area (Å²) in [6.07, 6.45) is 2.79. The molecule has 0 aromatic heterocycles. The number of amides is 1. The molecule has 0 spiro atoms. The number of carbonyl (C=O) groups is 1. The van der Waals surface area contributed by atoms with Gasteiger partial charge in [-0.15, -0.1) is 0 Å². The smallest absolute Gasteiger partial charge is 0.235 e. The normalized spacial score (nSPS) is 15.7. The van der Waals surface area contributed by atoms with E-state index in [1.807, 2.05) is 0 Å². The number of hydrogen-bond acceptors (Lipinski definition) is 4. The van der Waals surface area contributed by atoms with Crippen LogP contribution in [0.4, 0.5) is 5.69 Å². The van der Waals surface area contributed by atoms with Gasteiger partial charge >= 0.3 is 0 Å². The summed E-state index contributed by atoms with van der Waals surface area (Å²) in [5.74, 6) is -0.434. The largest absolute Gasteiger partial charge is 0.506 e. The van der Waals surface area contributed by atoms with Crippen molar-refractivity contribution in [3.8, 4) is 5.75 Å². The van der Waals surface area contributed by atoms with Gasteiger partial charge in [-0.3, -0.25) is 4.79 Å². The summed E-state index contributed by atoms with van der Waals surface area (Å²) in [6, 6.07) is 2.90. The van der Waals surface area contributed by atoms with Crippen molar-refractivity contribution in [1.82, 2.24) is 0 Å². The quantitative estimate of drug-likeness (QED) is 0.501. The van der Waals surface area contributed by atoms with Crippen LogP contribution >= 0.6 is 11.6 Å². The van der Waals surface area contributed by atoms with Crippen molar-refractivity contribution in [1.29, 1.82) is 0 Å². The van der Waals surface area contributed by atoms with Gasteiger partial charge in [0.15, 0.2) is 0 Å². The Morgan fingerprint density at radius 3 is 2.72 bits per heavy atom. The molecule has 1 aromatic rings. The third kappa shape index (κ3) is 2.10. The van der Waals surface area contributed by atoms with E-state index >= 15 is 0 Å². The molecule has 1 saturated carbocycles. The standard InChI is InChI=1S/C12H11ClN2O3/c1-7(17)15-11-9(18)3-2-8(13)10(11)12(4-5-12)14-6-16/h2-3,18H,4-5H2,1H3,(H,15,17). The summed E-state index contributed by atoms with van der Waals surface area (Å²) in [5, 5.41) is 12.7. The third-order valence-corrected chi connectivity index (χ3v) is 3.20. The predicted octanol–water partition coefficient (Wildman–Crippen LogP) is 2.33. The number of phenolic OH excluding ortho intramolecular Hbond substituents is 1. The number of hydrogen-bond donors (Lipinski definition) is 2. The highest BCUT2D eigenvalue weighted by Crippen LogP contribution is 2.55. The average Bonchev–Trinajstić information content (AvgIpc) is 3.04. The number of halogens is 1. The van der Waals surface area contributed by atoms with Crippen LogP contribution in [0.25, 0.3) is 0 Å². The molecule has 2 rings (SSSR count). The van der Waals surface area contributed by atoms with Gasteiger partial charge in [-0.1, -0.05) is 11.6 Å². The number of isocyanates is 1. The predicted molar refractivity (Wildman–Crippen MR) is 66.5 cm³/mol. The number of rotatable bonds is 3. The maximum absolute atomic E-state index is 11.2. The van der Waals surface area contributed by atoms with E-state index in [9.17, 15) is 14.7 Å². The van der Waals surface area contributed by atoms with Crippen LogP contribution in [0.3, 0.4) is 0 Å². The third-order valence-electron chi connectivity index (χ3n) is 2.88. The zero-order valence-electron chi connectivity index (χ0n) is 9.66. The molecular formula is C12H11ClN2O3. The van der Waals surface area contributed by atoms with Crippen LogP contribution in [0, 0.1) is 0 Å². The molecule has 94 valence electrons. The number of anilines is 1. The number of nitrogens with one attached hydrogen (secondary N) is 1. The monoisotopic (exact) mass is 266 g/mol. The summed E-state index contributed by atoms with van der Waals surface area (Å²) in [6.45, 7) is 1.33. The van der Waals surface area contributed by atoms with Gasteiger partial charge < -0.3 is 10.4 Å². The van der Waals surface area contributed by atoms with Gasteiger partial charge in [0, 0.05) is 17.5 Å². The number of phenols is 1. The van der Waals surface area contributed by atoms with Gasteiger partial charge in [-0.2, -0.15) is 4.99 Å². The lowest BCUT2D eigenvalue weighted by atomic mass is 10.0. The Morgan fingerprint density at radius 1 is 1.56 bits per heavy atom. The van der Waals surface area contributed by atoms with E-state index in [1.165, 1.54) is 25.1 Å². The van der Waals surface area contributed by atoms with E-state index in [1.54, 1.807) is 0 Å². The molecule has 0 bridgehead atoms. The molecule has 18 heavy (non-hydrogen) atoms. The summed E-state index contributed by atoms with van der Waals surface area (Å²) >= 11 is 6.09. The lowest BCUT2D eigenvalue weighted by Gasteiger charge is -2.17. The summed E-state index contributed by atoms with van der Waals surface area (Å²) in [4.78, 5) is 25.4. The molecule has 0 radical (unpaired) electrons. The Morgan fingerprint density at radius 2 is 2.22 bits per heavy atom. The number of nitrogens with zero attached hydrogens (tertiary/aromatic N) is 1. The first kappa shape index (κ1) is 12.6. The van der Waals surface area contributed by atoms with Gasteiger partial charge in [0.05, 0.1) is 5.69 Å². The second-order valence-electron chi connectivity index (χ2n) is 4.23. The van der Waals surface area contributed by atoms with Gasteiger partial charge in [-0.25, -0.2) is 4.79 Å². The molecule has 0 saturated heterocycles. The fourth-order valence-corrected chi connectivity index (χ4v) is 2.28. The number of aromatic hydroxyl groups is 1. The van der Waals surface area contributed by atoms with Gasteiger partial charge in [0.2, 0.25) is 12.0 Å². The highest BCUT2D eigenvalue weighted by molar-refractivity contribution is 6.32. The Balaban J connectivity index is 2.61. The van der Waals surface area contributed by atoms with Crippen molar-refractivity contribution in [2.24, 2.45) is 4.99 Å². The number of carbonyl (C=O) groups excluding carboxylic acids is 2. The molecule has 0 heterocycles. The van der Waals surface area contributed by atoms with Gasteiger partial charge in [-0.05, 0) is 25.0 Å². The zero-order valence-corrected chi connectivity index (χ0v) is 10.4. The van der Waals surface area contributed by atoms with Crippen molar-refractivity contribution in [2.75, 3.05) is 5.32 Å². The highest BCUT2D eigenvalue weighted by atomic mass is 35.5. The molecule has 1 fully saturated rings. The molecule has 1 amide bonds. The van der Waals surface area contributed by atoms with Crippen LogP contribution in [-0.2, 0) is 15.1 Å². The fourth-order valence-electron chi connectivity index (χ4n) is 1.95. The number of aliphatic imine (C=N–C) groups is 1. The lowest BCUT2D eigenvalue weighted by Crippen LogP contribution is -2.13. The fraction of sp³-hybridized carbons (Fsp3) is 0.333. The van der Waals surface area contributed by atoms with Crippen molar-refractivity contribution >= 4 is 29.3 Å². The topological polar surface area (TPSA) is 78.8 Å². The van der Waals surface area contributed by atoms with Crippen LogP contribution < -0.4 is 5.32 Å². The minimum Gasteiger partial charge on any atom is -0.506 e. The van der Waals surface area contributed by atoms with E-state index in [0.717, 1.165) is 0 Å². The van der Waals surface area contributed by atoms with E-state index in [2.05, 4.69) is 10.3 Å². The van der Waals surface area contributed by atoms with Crippen LogP contribution in [-0.4, -0.2) is 17.1 Å². The van der Waals surface area contributed by atoms with E-state index in [0.29, 0.717) is 23.4 Å². The van der Waals surface area contributed by atoms with E-state index in [-0.39, 0.29) is 17.3 Å². The Hall–Kier alpha value is -1.84. The summed E-state index contributed by atoms with van der Waals surface area (Å²) in [7, 11) is 0. The molecule has 2 N–H and O–H groups in total. The van der Waals surface area contributed by atoms with Crippen LogP contribution in [0.5, 0.6) is 5.75 Å². The Labute approximate surface area is 108 Å². The molecule has 1 aromatic carbocycles. The van der Waals surface area contributed by atoms with Crippen molar-refractivity contribution in [3.05, 3.63) is 22.7 Å². The highest BCUT2D eigenvalue weighted by Gasteiger charge is 2.48. The Kier molecular flexibility index (Phi) is 3.11. The molecule has 0 atom stereocenters. The first-order valence-electron chi connectivity index (χ1n) is 5.39. The summed E-state index contributed by atoms with van der Waals surface area (Å²) in [5.41, 5.74) is -0.0655. The van der Waals surface area contributed by atoms with E-state index < -0.39 is 5.54 Å². The zero-order chi connectivity index (χ0) is 13.3. The minimum absolute atomic E-state index is 0.100. The number of benzene rings is 1. The first-order valence-corrected chi connectivity index (χ1v) is 5.76. The van der Waals surface area contributed by atoms with E-state index in [4.69, 9.17) is 11.6 Å². The molecule has 5 nitrogen and oxygen atoms in total. The van der Waals surface area contributed by atoms with Gasteiger partial charge in [0.25, 0.3) is 0 Å². The molecule has 1 aliphatic carbocycles. The van der Waals surface area contributed by atoms with Crippen molar-refractivity contribution < 1.29 is 14.7 Å². The summed E-state index contributed by atoms with van der Waals surface area (Å²) < 4.78 is 0.